The lowest BCUT2D eigenvalue weighted by Crippen LogP contribution is -2.36. The normalized spacial score (nSPS) is 13.6. The summed E-state index contributed by atoms with van der Waals surface area (Å²) >= 11 is 0. The Balaban J connectivity index is 2.80. The van der Waals surface area contributed by atoms with E-state index in [4.69, 9.17) is 38.9 Å². The molecular weight excluding hydrogens is 550 g/mol. The molecule has 12 heteroatoms. The van der Waals surface area contributed by atoms with Crippen LogP contribution in [0.25, 0.3) is 0 Å². The quantitative estimate of drug-likeness (QED) is 0.0917. The lowest BCUT2D eigenvalue weighted by Gasteiger charge is -2.17. The molecule has 0 spiro atoms. The third-order valence-electron chi connectivity index (χ3n) is 6.24. The molecule has 0 bridgehead atoms. The number of unbranched alkanes of at least 4 members (excludes halogenated alkanes) is 2. The van der Waals surface area contributed by atoms with E-state index >= 15 is 0 Å². The van der Waals surface area contributed by atoms with Crippen LogP contribution >= 0.6 is 0 Å². The van der Waals surface area contributed by atoms with Crippen LogP contribution in [-0.4, -0.2) is 63.0 Å². The smallest absolute Gasteiger partial charge is 0.461 e. The van der Waals surface area contributed by atoms with Gasteiger partial charge in [-0.05, 0) is 49.3 Å². The second-order valence-electron chi connectivity index (χ2n) is 10.3. The second kappa shape index (κ2) is 20.4. The highest BCUT2D eigenvalue weighted by Crippen LogP contribution is 2.30. The van der Waals surface area contributed by atoms with Crippen molar-refractivity contribution < 1.29 is 52.3 Å². The van der Waals surface area contributed by atoms with Crippen LogP contribution in [0.1, 0.15) is 79.2 Å². The first kappa shape index (κ1) is 36.5. The summed E-state index contributed by atoms with van der Waals surface area (Å²) in [6.07, 6.45) is 0.798. The van der Waals surface area contributed by atoms with Crippen LogP contribution in [-0.2, 0) is 34.9 Å². The maximum Gasteiger partial charge on any atom is 0.513 e. The number of rotatable bonds is 18. The van der Waals surface area contributed by atoms with Gasteiger partial charge in [-0.3, -0.25) is 4.79 Å². The number of carbonyl (C=O) groups excluding carboxylic acids is 4. The first-order valence-electron chi connectivity index (χ1n) is 14.6. The molecule has 0 aromatic heterocycles. The van der Waals surface area contributed by atoms with Gasteiger partial charge in [-0.15, -0.1) is 0 Å². The van der Waals surface area contributed by atoms with E-state index in [1.54, 1.807) is 13.0 Å². The van der Waals surface area contributed by atoms with E-state index in [2.05, 4.69) is 0 Å². The molecule has 2 N–H and O–H groups in total. The molecular formula is C30H47NO11. The zero-order chi connectivity index (χ0) is 31.5. The minimum Gasteiger partial charge on any atom is -0.461 e. The molecule has 238 valence electrons. The van der Waals surface area contributed by atoms with Gasteiger partial charge in [-0.1, -0.05) is 66.4 Å². The fourth-order valence-electron chi connectivity index (χ4n) is 3.12. The molecule has 0 aliphatic rings. The number of hydrogen-bond donors (Lipinski definition) is 1. The maximum atomic E-state index is 12.5. The highest BCUT2D eigenvalue weighted by atomic mass is 16.7. The van der Waals surface area contributed by atoms with Gasteiger partial charge in [0.2, 0.25) is 0 Å². The predicted molar refractivity (Wildman–Crippen MR) is 153 cm³/mol. The predicted octanol–water partition coefficient (Wildman–Crippen LogP) is 5.95. The Morgan fingerprint density at radius 2 is 1.33 bits per heavy atom. The van der Waals surface area contributed by atoms with Gasteiger partial charge in [0.1, 0.15) is 18.8 Å². The van der Waals surface area contributed by atoms with Crippen LogP contribution < -0.4 is 15.2 Å². The molecule has 0 saturated heterocycles. The van der Waals surface area contributed by atoms with Gasteiger partial charge in [0.25, 0.3) is 0 Å². The van der Waals surface area contributed by atoms with Crippen molar-refractivity contribution >= 4 is 24.4 Å². The maximum absolute atomic E-state index is 12.5. The van der Waals surface area contributed by atoms with Crippen LogP contribution in [0, 0.1) is 11.8 Å². The van der Waals surface area contributed by atoms with Crippen molar-refractivity contribution in [3.05, 3.63) is 23.8 Å². The van der Waals surface area contributed by atoms with Gasteiger partial charge in [-0.2, -0.15) is 0 Å². The molecule has 42 heavy (non-hydrogen) atoms. The Kier molecular flexibility index (Phi) is 17.7. The number of carbonyl (C=O) groups is 4. The van der Waals surface area contributed by atoms with Gasteiger partial charge < -0.3 is 38.9 Å². The van der Waals surface area contributed by atoms with Crippen LogP contribution in [0.3, 0.4) is 0 Å². The van der Waals surface area contributed by atoms with Crippen molar-refractivity contribution in [2.45, 2.75) is 92.2 Å². The molecule has 2 unspecified atom stereocenters. The lowest BCUT2D eigenvalue weighted by molar-refractivity contribution is -0.148. The summed E-state index contributed by atoms with van der Waals surface area (Å²) in [7, 11) is 0. The molecule has 0 amide bonds. The van der Waals surface area contributed by atoms with Gasteiger partial charge >= 0.3 is 24.4 Å². The molecule has 1 aromatic carbocycles. The second-order valence-corrected chi connectivity index (χ2v) is 10.3. The first-order valence-corrected chi connectivity index (χ1v) is 14.6. The van der Waals surface area contributed by atoms with Crippen LogP contribution in [0.15, 0.2) is 18.2 Å². The average Bonchev–Trinajstić information content (AvgIpc) is 2.96. The summed E-state index contributed by atoms with van der Waals surface area (Å²) in [5.41, 5.74) is 6.52. The Morgan fingerprint density at radius 1 is 0.738 bits per heavy atom. The van der Waals surface area contributed by atoms with Crippen molar-refractivity contribution in [1.29, 1.82) is 0 Å². The highest BCUT2D eigenvalue weighted by Gasteiger charge is 2.22. The summed E-state index contributed by atoms with van der Waals surface area (Å²) in [5.74, 6) is -0.638. The van der Waals surface area contributed by atoms with E-state index < -0.39 is 36.6 Å². The number of benzene rings is 1. The minimum atomic E-state index is -1.09. The van der Waals surface area contributed by atoms with E-state index in [1.807, 2.05) is 34.6 Å². The van der Waals surface area contributed by atoms with Gasteiger partial charge in [-0.25, -0.2) is 14.4 Å². The molecule has 1 rings (SSSR count). The highest BCUT2D eigenvalue weighted by molar-refractivity contribution is 5.76. The fourth-order valence-corrected chi connectivity index (χ4v) is 3.12. The summed E-state index contributed by atoms with van der Waals surface area (Å²) in [6.45, 7) is 11.7. The Hall–Kier alpha value is -3.54. The van der Waals surface area contributed by atoms with Crippen LogP contribution in [0.4, 0.5) is 14.4 Å². The summed E-state index contributed by atoms with van der Waals surface area (Å²) in [6, 6.07) is 3.28. The molecule has 0 aliphatic carbocycles. The molecule has 0 radical (unpaired) electrons. The minimum absolute atomic E-state index is 0.00452. The van der Waals surface area contributed by atoms with Crippen LogP contribution in [0.2, 0.25) is 0 Å². The van der Waals surface area contributed by atoms with Crippen molar-refractivity contribution in [2.24, 2.45) is 17.6 Å². The van der Waals surface area contributed by atoms with Crippen molar-refractivity contribution in [1.82, 2.24) is 0 Å². The van der Waals surface area contributed by atoms with E-state index in [0.29, 0.717) is 5.56 Å². The molecule has 0 aliphatic heterocycles. The molecule has 0 fully saturated rings. The average molecular weight is 598 g/mol. The fraction of sp³-hybridized carbons (Fsp3) is 0.667. The van der Waals surface area contributed by atoms with Crippen molar-refractivity contribution in [2.75, 3.05) is 26.4 Å². The Labute approximate surface area is 248 Å². The zero-order valence-electron chi connectivity index (χ0n) is 25.7. The van der Waals surface area contributed by atoms with Gasteiger partial charge in [0, 0.05) is 0 Å². The number of esters is 1. The van der Waals surface area contributed by atoms with Crippen LogP contribution in [0.5, 0.6) is 11.5 Å². The number of ether oxygens (including phenoxy) is 7. The molecule has 12 nitrogen and oxygen atoms in total. The number of nitrogens with two attached hydrogens (primary N) is 1. The summed E-state index contributed by atoms with van der Waals surface area (Å²) in [5, 5.41) is 0. The molecule has 0 heterocycles. The Morgan fingerprint density at radius 3 is 1.90 bits per heavy atom. The SMILES string of the molecule is CCCCCOC(=O)O[C@@H](C)COC(=O)[C@@H](N)Cc1ccc(OC(=O)OCC(C)CC)c(OC(=O)OCC(C)CC)c1. The largest absolute Gasteiger partial charge is 0.513 e. The standard InChI is InChI=1S/C30H47NO11/c1-7-10-11-14-36-28(33)40-22(6)19-37-27(32)24(31)15-23-12-13-25(41-29(34)38-17-20(4)8-2)26(16-23)42-30(35)39-18-21(5)9-3/h12-13,16,20-22,24H,7-11,14-15,17-19,31H2,1-6H3/t20?,21?,22-,24-/m0/s1. The molecule has 4 atom stereocenters. The Bertz CT molecular complexity index is 984. The summed E-state index contributed by atoms with van der Waals surface area (Å²) < 4.78 is 36.1. The van der Waals surface area contributed by atoms with Crippen molar-refractivity contribution in [3.63, 3.8) is 0 Å². The summed E-state index contributed by atoms with van der Waals surface area (Å²) in [4.78, 5) is 48.7. The zero-order valence-corrected chi connectivity index (χ0v) is 25.7. The van der Waals surface area contributed by atoms with E-state index in [-0.39, 0.29) is 56.2 Å². The van der Waals surface area contributed by atoms with Crippen molar-refractivity contribution in [3.8, 4) is 11.5 Å². The third kappa shape index (κ3) is 15.5. The lowest BCUT2D eigenvalue weighted by atomic mass is 10.1. The topological polar surface area (TPSA) is 159 Å². The number of hydrogen-bond acceptors (Lipinski definition) is 12. The first-order chi connectivity index (χ1) is 20.0. The molecule has 1 aromatic rings. The van der Waals surface area contributed by atoms with E-state index in [9.17, 15) is 19.2 Å². The monoisotopic (exact) mass is 597 g/mol. The van der Waals surface area contributed by atoms with Gasteiger partial charge in [0.15, 0.2) is 11.5 Å². The van der Waals surface area contributed by atoms with E-state index in [0.717, 1.165) is 32.1 Å². The van der Waals surface area contributed by atoms with E-state index in [1.165, 1.54) is 12.1 Å². The molecule has 0 saturated carbocycles. The van der Waals surface area contributed by atoms with Gasteiger partial charge in [0.05, 0.1) is 19.8 Å². The third-order valence-corrected chi connectivity index (χ3v) is 6.24.